The van der Waals surface area contributed by atoms with Gasteiger partial charge in [0, 0.05) is 19.3 Å². The Morgan fingerprint density at radius 3 is 0.931 bits per heavy atom. The number of ether oxygens (including phenoxy) is 3. The van der Waals surface area contributed by atoms with Crippen LogP contribution < -0.4 is 0 Å². The van der Waals surface area contributed by atoms with E-state index in [4.69, 9.17) is 14.2 Å². The lowest BCUT2D eigenvalue weighted by molar-refractivity contribution is -0.166. The van der Waals surface area contributed by atoms with E-state index in [2.05, 4.69) is 167 Å². The fraction of sp³-hybridized carbons (Fsp3) is 0.530. The number of hydrogen-bond acceptors (Lipinski definition) is 6. The molecule has 0 aliphatic heterocycles. The van der Waals surface area contributed by atoms with Crippen LogP contribution in [0.4, 0.5) is 0 Å². The third-order valence-corrected chi connectivity index (χ3v) is 11.0. The first kappa shape index (κ1) is 66.8. The van der Waals surface area contributed by atoms with Crippen LogP contribution in [-0.2, 0) is 28.6 Å². The van der Waals surface area contributed by atoms with Crippen LogP contribution in [0, 0.1) is 0 Å². The van der Waals surface area contributed by atoms with Crippen LogP contribution in [0.2, 0.25) is 0 Å². The van der Waals surface area contributed by atoms with Gasteiger partial charge in [0.2, 0.25) is 0 Å². The smallest absolute Gasteiger partial charge is 0.306 e. The number of unbranched alkanes of at least 4 members (excludes halogenated alkanes) is 9. The predicted octanol–water partition coefficient (Wildman–Crippen LogP) is 19.1. The second-order valence-electron chi connectivity index (χ2n) is 17.7. The number of carbonyl (C=O) groups excluding carboxylic acids is 3. The van der Waals surface area contributed by atoms with Crippen molar-refractivity contribution in [3.8, 4) is 0 Å². The molecule has 0 amide bonds. The second-order valence-corrected chi connectivity index (χ2v) is 17.7. The lowest BCUT2D eigenvalue weighted by Gasteiger charge is -2.18. The third kappa shape index (κ3) is 55.7. The van der Waals surface area contributed by atoms with Crippen LogP contribution in [0.15, 0.2) is 170 Å². The van der Waals surface area contributed by atoms with Gasteiger partial charge >= 0.3 is 17.9 Å². The second kappa shape index (κ2) is 58.3. The van der Waals surface area contributed by atoms with E-state index in [1.165, 1.54) is 32.1 Å². The highest BCUT2D eigenvalue weighted by atomic mass is 16.6. The highest BCUT2D eigenvalue weighted by molar-refractivity contribution is 5.71. The standard InChI is InChI=1S/C66H100O6/c1-4-7-10-13-16-19-22-25-28-31-33-35-38-41-44-47-50-53-56-59-65(68)71-62-63(61-70-64(67)58-55-52-49-46-43-40-37-30-27-24-21-18-15-12-9-6-3)72-66(69)60-57-54-51-48-45-42-39-36-34-32-29-26-23-20-17-14-11-8-5-2/h7-8,10-11,16-17,19-21,24-26,28-30,33-37,41-42,44-45,50-51,53-54,63H,4-6,9,12-15,18,22-23,27,31-32,38-40,43,46-49,52,55-62H2,1-3H3/b10-7-,11-8-,19-16-,20-17-,24-21-,28-25-,29-26-,35-33-,36-34-,37-30-,44-41-,45-42-,53-50-,54-51-. The molecule has 1 atom stereocenters. The molecule has 0 heterocycles. The van der Waals surface area contributed by atoms with Crippen LogP contribution >= 0.6 is 0 Å². The lowest BCUT2D eigenvalue weighted by atomic mass is 10.1. The van der Waals surface area contributed by atoms with Crippen molar-refractivity contribution >= 4 is 17.9 Å². The zero-order valence-electron chi connectivity index (χ0n) is 45.6. The molecule has 6 heteroatoms. The molecule has 0 aromatic rings. The topological polar surface area (TPSA) is 78.9 Å². The first-order valence-electron chi connectivity index (χ1n) is 28.1. The van der Waals surface area contributed by atoms with E-state index in [1.807, 2.05) is 24.3 Å². The minimum absolute atomic E-state index is 0.148. The maximum atomic E-state index is 12.8. The van der Waals surface area contributed by atoms with Gasteiger partial charge in [-0.05, 0) is 128 Å². The molecule has 0 rings (SSSR count). The van der Waals surface area contributed by atoms with Crippen molar-refractivity contribution in [1.29, 1.82) is 0 Å². The number of esters is 3. The van der Waals surface area contributed by atoms with E-state index in [1.54, 1.807) is 0 Å². The summed E-state index contributed by atoms with van der Waals surface area (Å²) < 4.78 is 16.7. The summed E-state index contributed by atoms with van der Waals surface area (Å²) in [5, 5.41) is 0. The highest BCUT2D eigenvalue weighted by Gasteiger charge is 2.19. The molecule has 0 saturated heterocycles. The Kier molecular flexibility index (Phi) is 54.1. The molecule has 0 aromatic carbocycles. The summed E-state index contributed by atoms with van der Waals surface area (Å²) in [5.74, 6) is -1.14. The number of hydrogen-bond donors (Lipinski definition) is 0. The Balaban J connectivity index is 4.68. The van der Waals surface area contributed by atoms with Gasteiger partial charge in [0.05, 0.1) is 0 Å². The summed E-state index contributed by atoms with van der Waals surface area (Å²) in [6.07, 6.45) is 86.5. The normalized spacial score (nSPS) is 13.4. The Labute approximate surface area is 441 Å². The van der Waals surface area contributed by atoms with Crippen LogP contribution in [0.3, 0.4) is 0 Å². The predicted molar refractivity (Wildman–Crippen MR) is 311 cm³/mol. The Hall–Kier alpha value is -5.23. The third-order valence-electron chi connectivity index (χ3n) is 11.0. The maximum Gasteiger partial charge on any atom is 0.306 e. The minimum Gasteiger partial charge on any atom is -0.462 e. The zero-order valence-corrected chi connectivity index (χ0v) is 45.6. The average molecular weight is 990 g/mol. The van der Waals surface area contributed by atoms with Gasteiger partial charge in [0.25, 0.3) is 0 Å². The summed E-state index contributed by atoms with van der Waals surface area (Å²) in [4.78, 5) is 38.1. The van der Waals surface area contributed by atoms with Crippen molar-refractivity contribution in [2.75, 3.05) is 13.2 Å². The molecule has 0 fully saturated rings. The molecule has 400 valence electrons. The lowest BCUT2D eigenvalue weighted by Crippen LogP contribution is -2.30. The SMILES string of the molecule is CC/C=C\C/C=C\C/C=C\C/C=C\C/C=C\C/C=C\CCC(=O)OCC(COC(=O)CCCCCCC/C=C\C/C=C\CCCCCC)OC(=O)CC/C=C\C/C=C\C/C=C\C/C=C\C/C=C\C/C=C\CC. The zero-order chi connectivity index (χ0) is 52.2. The van der Waals surface area contributed by atoms with Crippen LogP contribution in [-0.4, -0.2) is 37.2 Å². The van der Waals surface area contributed by atoms with E-state index in [-0.39, 0.29) is 38.0 Å². The van der Waals surface area contributed by atoms with Gasteiger partial charge in [0.15, 0.2) is 6.10 Å². The molecule has 0 aliphatic carbocycles. The van der Waals surface area contributed by atoms with Gasteiger partial charge in [-0.1, -0.05) is 229 Å². The van der Waals surface area contributed by atoms with E-state index in [0.29, 0.717) is 19.3 Å². The highest BCUT2D eigenvalue weighted by Crippen LogP contribution is 2.11. The maximum absolute atomic E-state index is 12.8. The Morgan fingerprint density at radius 2 is 0.569 bits per heavy atom. The molecule has 0 bridgehead atoms. The fourth-order valence-electron chi connectivity index (χ4n) is 6.82. The van der Waals surface area contributed by atoms with Crippen molar-refractivity contribution in [2.45, 2.75) is 213 Å². The van der Waals surface area contributed by atoms with Gasteiger partial charge in [0.1, 0.15) is 13.2 Å². The summed E-state index contributed by atoms with van der Waals surface area (Å²) in [7, 11) is 0. The van der Waals surface area contributed by atoms with Crippen molar-refractivity contribution in [3.05, 3.63) is 170 Å². The molecule has 0 N–H and O–H groups in total. The molecule has 1 unspecified atom stereocenters. The molecule has 0 aliphatic rings. The Morgan fingerprint density at radius 1 is 0.292 bits per heavy atom. The van der Waals surface area contributed by atoms with Gasteiger partial charge in [-0.15, -0.1) is 0 Å². The largest absolute Gasteiger partial charge is 0.462 e. The van der Waals surface area contributed by atoms with Crippen LogP contribution in [0.5, 0.6) is 0 Å². The van der Waals surface area contributed by atoms with Gasteiger partial charge in [-0.2, -0.15) is 0 Å². The van der Waals surface area contributed by atoms with E-state index in [9.17, 15) is 14.4 Å². The van der Waals surface area contributed by atoms with E-state index >= 15 is 0 Å². The summed E-state index contributed by atoms with van der Waals surface area (Å²) >= 11 is 0. The van der Waals surface area contributed by atoms with Gasteiger partial charge in [-0.25, -0.2) is 0 Å². The molecular formula is C66H100O6. The monoisotopic (exact) mass is 989 g/mol. The summed E-state index contributed by atoms with van der Waals surface area (Å²) in [6.45, 7) is 6.23. The summed E-state index contributed by atoms with van der Waals surface area (Å²) in [6, 6.07) is 0. The molecule has 0 radical (unpaired) electrons. The van der Waals surface area contributed by atoms with Crippen LogP contribution in [0.1, 0.15) is 207 Å². The molecule has 0 aromatic heterocycles. The van der Waals surface area contributed by atoms with Crippen LogP contribution in [0.25, 0.3) is 0 Å². The number of carbonyl (C=O) groups is 3. The van der Waals surface area contributed by atoms with Crippen molar-refractivity contribution in [3.63, 3.8) is 0 Å². The van der Waals surface area contributed by atoms with Gasteiger partial charge in [-0.3, -0.25) is 14.4 Å². The molecule has 0 saturated carbocycles. The number of allylic oxidation sites excluding steroid dienone is 28. The number of rotatable bonds is 48. The molecule has 0 spiro atoms. The molecule has 72 heavy (non-hydrogen) atoms. The van der Waals surface area contributed by atoms with E-state index in [0.717, 1.165) is 122 Å². The average Bonchev–Trinajstić information content (AvgIpc) is 3.38. The summed E-state index contributed by atoms with van der Waals surface area (Å²) in [5.41, 5.74) is 0. The van der Waals surface area contributed by atoms with Crippen molar-refractivity contribution < 1.29 is 28.6 Å². The van der Waals surface area contributed by atoms with Gasteiger partial charge < -0.3 is 14.2 Å². The first-order valence-corrected chi connectivity index (χ1v) is 28.1. The fourth-order valence-corrected chi connectivity index (χ4v) is 6.82. The van der Waals surface area contributed by atoms with E-state index < -0.39 is 12.1 Å². The van der Waals surface area contributed by atoms with Crippen molar-refractivity contribution in [2.24, 2.45) is 0 Å². The quantitative estimate of drug-likeness (QED) is 0.0262. The first-order chi connectivity index (χ1) is 35.5. The minimum atomic E-state index is -0.865. The molecular weight excluding hydrogens is 889 g/mol. The Bertz CT molecular complexity index is 1700. The van der Waals surface area contributed by atoms with Crippen molar-refractivity contribution in [1.82, 2.24) is 0 Å². The molecule has 6 nitrogen and oxygen atoms in total.